The van der Waals surface area contributed by atoms with Crippen LogP contribution in [0.15, 0.2) is 27.2 Å². The molecule has 1 atom stereocenters. The molecule has 0 spiro atoms. The van der Waals surface area contributed by atoms with Crippen molar-refractivity contribution in [3.63, 3.8) is 0 Å². The van der Waals surface area contributed by atoms with Crippen LogP contribution < -0.4 is 5.73 Å². The van der Waals surface area contributed by atoms with Crippen molar-refractivity contribution >= 4 is 15.9 Å². The van der Waals surface area contributed by atoms with Crippen molar-refractivity contribution in [3.8, 4) is 11.4 Å². The Hall–Kier alpha value is -1.27. The highest BCUT2D eigenvalue weighted by Gasteiger charge is 2.13. The molecule has 2 rings (SSSR count). The largest absolute Gasteiger partial charge is 0.339 e. The van der Waals surface area contributed by atoms with Gasteiger partial charge in [0.15, 0.2) is 0 Å². The molecular formula is C13H15BrFN3O. The van der Waals surface area contributed by atoms with Gasteiger partial charge in [-0.25, -0.2) is 4.39 Å². The molecule has 1 unspecified atom stereocenters. The summed E-state index contributed by atoms with van der Waals surface area (Å²) in [6.45, 7) is 2.07. The summed E-state index contributed by atoms with van der Waals surface area (Å²) in [5.41, 5.74) is 6.49. The fraction of sp³-hybridized carbons (Fsp3) is 0.385. The third kappa shape index (κ3) is 3.84. The molecule has 0 fully saturated rings. The highest BCUT2D eigenvalue weighted by molar-refractivity contribution is 9.10. The number of nitrogens with two attached hydrogens (primary N) is 1. The predicted molar refractivity (Wildman–Crippen MR) is 74.0 cm³/mol. The van der Waals surface area contributed by atoms with Crippen molar-refractivity contribution in [2.75, 3.05) is 0 Å². The standard InChI is InChI=1S/C13H15BrFN3O/c1-2-3-11(16)7-12-17-13(18-19-12)8-4-9(14)6-10(15)5-8/h4-6,11H,2-3,7,16H2,1H3. The maximum absolute atomic E-state index is 13.3. The van der Waals surface area contributed by atoms with Crippen molar-refractivity contribution < 1.29 is 8.91 Å². The van der Waals surface area contributed by atoms with Gasteiger partial charge in [0.05, 0.1) is 0 Å². The highest BCUT2D eigenvalue weighted by Crippen LogP contribution is 2.22. The zero-order valence-corrected chi connectivity index (χ0v) is 12.2. The third-order valence-electron chi connectivity index (χ3n) is 2.69. The van der Waals surface area contributed by atoms with Crippen molar-refractivity contribution in [3.05, 3.63) is 34.4 Å². The molecule has 0 aliphatic rings. The molecule has 102 valence electrons. The normalized spacial score (nSPS) is 12.6. The van der Waals surface area contributed by atoms with E-state index in [4.69, 9.17) is 10.3 Å². The van der Waals surface area contributed by atoms with Gasteiger partial charge in [0.25, 0.3) is 0 Å². The van der Waals surface area contributed by atoms with E-state index in [1.54, 1.807) is 6.07 Å². The summed E-state index contributed by atoms with van der Waals surface area (Å²) in [7, 11) is 0. The summed E-state index contributed by atoms with van der Waals surface area (Å²) in [5.74, 6) is 0.508. The van der Waals surface area contributed by atoms with Crippen molar-refractivity contribution in [1.29, 1.82) is 0 Å². The van der Waals surface area contributed by atoms with Crippen LogP contribution in [0.2, 0.25) is 0 Å². The molecule has 1 heterocycles. The maximum Gasteiger partial charge on any atom is 0.228 e. The van der Waals surface area contributed by atoms with Crippen LogP contribution in [0.4, 0.5) is 4.39 Å². The Morgan fingerprint density at radius 3 is 2.89 bits per heavy atom. The van der Waals surface area contributed by atoms with Gasteiger partial charge in [-0.3, -0.25) is 0 Å². The smallest absolute Gasteiger partial charge is 0.228 e. The Labute approximate surface area is 119 Å². The van der Waals surface area contributed by atoms with E-state index in [-0.39, 0.29) is 11.9 Å². The van der Waals surface area contributed by atoms with Crippen molar-refractivity contribution in [2.45, 2.75) is 32.2 Å². The van der Waals surface area contributed by atoms with Crippen LogP contribution in [-0.2, 0) is 6.42 Å². The molecule has 0 radical (unpaired) electrons. The number of halogens is 2. The van der Waals surface area contributed by atoms with E-state index in [0.29, 0.717) is 28.2 Å². The molecule has 2 N–H and O–H groups in total. The van der Waals surface area contributed by atoms with E-state index in [2.05, 4.69) is 33.0 Å². The average molecular weight is 328 g/mol. The quantitative estimate of drug-likeness (QED) is 0.914. The Balaban J connectivity index is 2.16. The molecule has 0 aliphatic heterocycles. The van der Waals surface area contributed by atoms with Gasteiger partial charge in [0.2, 0.25) is 11.7 Å². The molecule has 1 aromatic heterocycles. The van der Waals surface area contributed by atoms with Gasteiger partial charge in [-0.15, -0.1) is 0 Å². The Morgan fingerprint density at radius 1 is 1.42 bits per heavy atom. The minimum Gasteiger partial charge on any atom is -0.339 e. The van der Waals surface area contributed by atoms with Gasteiger partial charge in [0, 0.05) is 22.5 Å². The summed E-state index contributed by atoms with van der Waals surface area (Å²) in [6, 6.07) is 4.49. The summed E-state index contributed by atoms with van der Waals surface area (Å²) >= 11 is 3.23. The van der Waals surface area contributed by atoms with Crippen molar-refractivity contribution in [1.82, 2.24) is 10.1 Å². The summed E-state index contributed by atoms with van der Waals surface area (Å²) in [4.78, 5) is 4.24. The van der Waals surface area contributed by atoms with E-state index in [1.807, 2.05) is 0 Å². The molecular weight excluding hydrogens is 313 g/mol. The molecule has 1 aromatic carbocycles. The fourth-order valence-corrected chi connectivity index (χ4v) is 2.30. The van der Waals surface area contributed by atoms with E-state index < -0.39 is 0 Å². The van der Waals surface area contributed by atoms with E-state index in [0.717, 1.165) is 12.8 Å². The first-order valence-corrected chi connectivity index (χ1v) is 6.92. The summed E-state index contributed by atoms with van der Waals surface area (Å²) < 4.78 is 19.1. The zero-order valence-electron chi connectivity index (χ0n) is 10.6. The first kappa shape index (κ1) is 14.1. The molecule has 0 saturated carbocycles. The van der Waals surface area contributed by atoms with Gasteiger partial charge in [-0.1, -0.05) is 34.4 Å². The number of hydrogen-bond donors (Lipinski definition) is 1. The van der Waals surface area contributed by atoms with Crippen LogP contribution in [0.1, 0.15) is 25.7 Å². The van der Waals surface area contributed by atoms with Gasteiger partial charge in [-0.05, 0) is 24.6 Å². The number of rotatable bonds is 5. The highest BCUT2D eigenvalue weighted by atomic mass is 79.9. The van der Waals surface area contributed by atoms with Crippen molar-refractivity contribution in [2.24, 2.45) is 5.73 Å². The van der Waals surface area contributed by atoms with Crippen LogP contribution in [0.5, 0.6) is 0 Å². The molecule has 0 bridgehead atoms. The second kappa shape index (κ2) is 6.25. The molecule has 4 nitrogen and oxygen atoms in total. The Kier molecular flexibility index (Phi) is 4.66. The van der Waals surface area contributed by atoms with Crippen LogP contribution in [0, 0.1) is 5.82 Å². The average Bonchev–Trinajstić information content (AvgIpc) is 2.76. The molecule has 0 saturated heterocycles. The lowest BCUT2D eigenvalue weighted by molar-refractivity contribution is 0.366. The second-order valence-corrected chi connectivity index (χ2v) is 5.34. The van der Waals surface area contributed by atoms with Gasteiger partial charge >= 0.3 is 0 Å². The lowest BCUT2D eigenvalue weighted by atomic mass is 10.1. The van der Waals surface area contributed by atoms with Crippen LogP contribution in [0.25, 0.3) is 11.4 Å². The first-order valence-electron chi connectivity index (χ1n) is 6.13. The minimum absolute atomic E-state index is 0.0116. The van der Waals surface area contributed by atoms with Gasteiger partial charge in [-0.2, -0.15) is 4.98 Å². The number of aromatic nitrogens is 2. The maximum atomic E-state index is 13.3. The zero-order chi connectivity index (χ0) is 13.8. The molecule has 19 heavy (non-hydrogen) atoms. The molecule has 0 aliphatic carbocycles. The van der Waals surface area contributed by atoms with Crippen LogP contribution >= 0.6 is 15.9 Å². The predicted octanol–water partition coefficient (Wildman–Crippen LogP) is 3.31. The van der Waals surface area contributed by atoms with Crippen LogP contribution in [-0.4, -0.2) is 16.2 Å². The van der Waals surface area contributed by atoms with E-state index in [1.165, 1.54) is 12.1 Å². The third-order valence-corrected chi connectivity index (χ3v) is 3.14. The first-order chi connectivity index (χ1) is 9.08. The minimum atomic E-state index is -0.349. The lowest BCUT2D eigenvalue weighted by Crippen LogP contribution is -2.22. The van der Waals surface area contributed by atoms with E-state index >= 15 is 0 Å². The summed E-state index contributed by atoms with van der Waals surface area (Å²) in [5, 5.41) is 3.85. The van der Waals surface area contributed by atoms with Gasteiger partial charge < -0.3 is 10.3 Å². The Morgan fingerprint density at radius 2 is 2.21 bits per heavy atom. The second-order valence-electron chi connectivity index (χ2n) is 4.42. The Bertz CT molecular complexity index is 538. The van der Waals surface area contributed by atoms with Gasteiger partial charge in [0.1, 0.15) is 5.82 Å². The molecule has 6 heteroatoms. The van der Waals surface area contributed by atoms with Crippen LogP contribution in [0.3, 0.4) is 0 Å². The number of hydrogen-bond acceptors (Lipinski definition) is 4. The lowest BCUT2D eigenvalue weighted by Gasteiger charge is -2.05. The summed E-state index contributed by atoms with van der Waals surface area (Å²) in [6.07, 6.45) is 2.46. The number of nitrogens with zero attached hydrogens (tertiary/aromatic N) is 2. The fourth-order valence-electron chi connectivity index (χ4n) is 1.84. The topological polar surface area (TPSA) is 64.9 Å². The monoisotopic (exact) mass is 327 g/mol. The number of benzene rings is 1. The van der Waals surface area contributed by atoms with E-state index in [9.17, 15) is 4.39 Å². The molecule has 0 amide bonds. The molecule has 2 aromatic rings. The SMILES string of the molecule is CCCC(N)Cc1nc(-c2cc(F)cc(Br)c2)no1.